The zero-order valence-corrected chi connectivity index (χ0v) is 7.08. The fraction of sp³-hybridized carbons (Fsp3) is 0.625. The van der Waals surface area contributed by atoms with Crippen molar-refractivity contribution in [2.45, 2.75) is 18.4 Å². The monoisotopic (exact) mass is 156 g/mol. The molecular weight excluding hydrogens is 140 g/mol. The number of hydrazone groups is 1. The third kappa shape index (κ3) is 2.05. The largest absolute Gasteiger partial charge is 0.394 e. The average molecular weight is 156 g/mol. The fourth-order valence-electron chi connectivity index (χ4n) is 0.878. The van der Waals surface area contributed by atoms with E-state index in [0.29, 0.717) is 0 Å². The van der Waals surface area contributed by atoms with Crippen LogP contribution in [-0.2, 0) is 0 Å². The molecule has 0 aromatic carbocycles. The normalized spacial score (nSPS) is 17.6. The van der Waals surface area contributed by atoms with Gasteiger partial charge < -0.3 is 5.11 Å². The van der Waals surface area contributed by atoms with Crippen molar-refractivity contribution in [2.75, 3.05) is 13.7 Å². The maximum Gasteiger partial charge on any atom is 0.0807 e. The number of likely N-dealkylation sites (N-methyl/N-ethyl adjacent to an activating group) is 1. The van der Waals surface area contributed by atoms with E-state index >= 15 is 0 Å². The van der Waals surface area contributed by atoms with E-state index in [9.17, 15) is 0 Å². The molecule has 3 nitrogen and oxygen atoms in total. The van der Waals surface area contributed by atoms with Crippen LogP contribution in [0.2, 0.25) is 0 Å². The number of nitrogens with zero attached hydrogens (tertiary/aromatic N) is 2. The number of rotatable bonds is 3. The fourth-order valence-corrected chi connectivity index (χ4v) is 0.878. The van der Waals surface area contributed by atoms with Crippen LogP contribution in [0.5, 0.6) is 0 Å². The Morgan fingerprint density at radius 2 is 2.00 bits per heavy atom. The van der Waals surface area contributed by atoms with Crippen LogP contribution < -0.4 is 0 Å². The van der Waals surface area contributed by atoms with Gasteiger partial charge in [-0.3, -0.25) is 5.01 Å². The molecule has 1 N–H and O–H groups in total. The van der Waals surface area contributed by atoms with Gasteiger partial charge in [-0.15, -0.1) is 13.2 Å². The van der Waals surface area contributed by atoms with Gasteiger partial charge in [0.15, 0.2) is 0 Å². The second-order valence-corrected chi connectivity index (χ2v) is 2.55. The summed E-state index contributed by atoms with van der Waals surface area (Å²) in [4.78, 5) is 0. The Bertz CT molecular complexity index is 132. The summed E-state index contributed by atoms with van der Waals surface area (Å²) < 4.78 is 0. The Balaban J connectivity index is 0.000000461. The highest BCUT2D eigenvalue weighted by molar-refractivity contribution is 5.23. The lowest BCUT2D eigenvalue weighted by molar-refractivity contribution is 0.134. The number of aliphatic hydroxyl groups excluding tert-OH is 1. The van der Waals surface area contributed by atoms with Gasteiger partial charge in [-0.05, 0) is 12.8 Å². The van der Waals surface area contributed by atoms with Crippen LogP contribution in [-0.4, -0.2) is 36.0 Å². The van der Waals surface area contributed by atoms with Crippen molar-refractivity contribution in [3.8, 4) is 0 Å². The van der Waals surface area contributed by atoms with E-state index in [1.807, 2.05) is 7.05 Å². The topological polar surface area (TPSA) is 35.8 Å². The SMILES string of the molecule is C=C.C=NN(C)C1(CO)CC1. The third-order valence-corrected chi connectivity index (χ3v) is 2.02. The van der Waals surface area contributed by atoms with Gasteiger partial charge >= 0.3 is 0 Å². The van der Waals surface area contributed by atoms with E-state index in [1.165, 1.54) is 0 Å². The Labute approximate surface area is 68.0 Å². The number of aliphatic hydroxyl groups is 1. The van der Waals surface area contributed by atoms with Crippen molar-refractivity contribution in [1.29, 1.82) is 0 Å². The molecule has 0 heterocycles. The van der Waals surface area contributed by atoms with Crippen molar-refractivity contribution in [3.63, 3.8) is 0 Å². The van der Waals surface area contributed by atoms with Gasteiger partial charge in [0, 0.05) is 13.8 Å². The molecule has 64 valence electrons. The van der Waals surface area contributed by atoms with E-state index in [2.05, 4.69) is 25.0 Å². The average Bonchev–Trinajstić information content (AvgIpc) is 2.87. The van der Waals surface area contributed by atoms with E-state index in [1.54, 1.807) is 5.01 Å². The van der Waals surface area contributed by atoms with Crippen molar-refractivity contribution >= 4 is 6.72 Å². The van der Waals surface area contributed by atoms with Crippen molar-refractivity contribution in [1.82, 2.24) is 5.01 Å². The quantitative estimate of drug-likeness (QED) is 0.374. The molecule has 1 aliphatic rings. The molecule has 1 aliphatic carbocycles. The lowest BCUT2D eigenvalue weighted by atomic mass is 10.3. The van der Waals surface area contributed by atoms with Gasteiger partial charge in [-0.1, -0.05) is 0 Å². The summed E-state index contributed by atoms with van der Waals surface area (Å²) in [5, 5.41) is 14.3. The molecule has 0 aromatic rings. The Morgan fingerprint density at radius 1 is 1.55 bits per heavy atom. The molecule has 11 heavy (non-hydrogen) atoms. The molecule has 0 aliphatic heterocycles. The zero-order valence-electron chi connectivity index (χ0n) is 7.08. The van der Waals surface area contributed by atoms with Crippen LogP contribution in [0.3, 0.4) is 0 Å². The molecule has 0 spiro atoms. The van der Waals surface area contributed by atoms with Crippen molar-refractivity contribution in [3.05, 3.63) is 13.2 Å². The molecule has 0 saturated heterocycles. The number of hydrogen-bond donors (Lipinski definition) is 1. The molecule has 1 saturated carbocycles. The molecular formula is C8H16N2O. The zero-order chi connectivity index (χ0) is 8.91. The molecule has 0 bridgehead atoms. The van der Waals surface area contributed by atoms with Gasteiger partial charge in [-0.25, -0.2) is 0 Å². The first-order valence-corrected chi connectivity index (χ1v) is 3.56. The van der Waals surface area contributed by atoms with E-state index in [0.717, 1.165) is 12.8 Å². The van der Waals surface area contributed by atoms with Crippen LogP contribution in [0.15, 0.2) is 18.3 Å². The van der Waals surface area contributed by atoms with E-state index in [4.69, 9.17) is 5.11 Å². The molecule has 0 unspecified atom stereocenters. The molecule has 1 fully saturated rings. The molecule has 0 aromatic heterocycles. The van der Waals surface area contributed by atoms with Crippen molar-refractivity contribution in [2.24, 2.45) is 5.10 Å². The molecule has 0 radical (unpaired) electrons. The predicted molar refractivity (Wildman–Crippen MR) is 47.6 cm³/mol. The van der Waals surface area contributed by atoms with Crippen LogP contribution in [0.25, 0.3) is 0 Å². The summed E-state index contributed by atoms with van der Waals surface area (Å²) >= 11 is 0. The van der Waals surface area contributed by atoms with Crippen LogP contribution in [0.4, 0.5) is 0 Å². The van der Waals surface area contributed by atoms with Crippen molar-refractivity contribution < 1.29 is 5.11 Å². The Morgan fingerprint density at radius 3 is 2.09 bits per heavy atom. The maximum absolute atomic E-state index is 8.83. The Kier molecular flexibility index (Phi) is 3.82. The highest BCUT2D eigenvalue weighted by Gasteiger charge is 2.45. The predicted octanol–water partition coefficient (Wildman–Crippen LogP) is 0.861. The summed E-state index contributed by atoms with van der Waals surface area (Å²) in [6, 6.07) is 0. The maximum atomic E-state index is 8.83. The molecule has 3 heteroatoms. The first kappa shape index (κ1) is 10.2. The second-order valence-electron chi connectivity index (χ2n) is 2.55. The van der Waals surface area contributed by atoms with Crippen LogP contribution >= 0.6 is 0 Å². The lowest BCUT2D eigenvalue weighted by Gasteiger charge is -2.21. The van der Waals surface area contributed by atoms with E-state index < -0.39 is 0 Å². The summed E-state index contributed by atoms with van der Waals surface area (Å²) in [5.41, 5.74) is -0.0399. The standard InChI is InChI=1S/C6H12N2O.C2H4/c1-7-8(2)6(5-9)3-4-6;1-2/h9H,1,3-5H2,2H3;1-2H2. The van der Waals surface area contributed by atoms with Crippen LogP contribution in [0.1, 0.15) is 12.8 Å². The highest BCUT2D eigenvalue weighted by atomic mass is 16.3. The summed E-state index contributed by atoms with van der Waals surface area (Å²) in [7, 11) is 1.84. The van der Waals surface area contributed by atoms with Crippen LogP contribution in [0, 0.1) is 0 Å². The lowest BCUT2D eigenvalue weighted by Crippen LogP contribution is -2.32. The van der Waals surface area contributed by atoms with Gasteiger partial charge in [0.1, 0.15) is 0 Å². The molecule has 0 atom stereocenters. The van der Waals surface area contributed by atoms with E-state index in [-0.39, 0.29) is 12.1 Å². The van der Waals surface area contributed by atoms with Gasteiger partial charge in [0.05, 0.1) is 12.1 Å². The smallest absolute Gasteiger partial charge is 0.0807 e. The first-order valence-electron chi connectivity index (χ1n) is 3.56. The van der Waals surface area contributed by atoms with Gasteiger partial charge in [0.2, 0.25) is 0 Å². The highest BCUT2D eigenvalue weighted by Crippen LogP contribution is 2.40. The minimum absolute atomic E-state index is 0.0399. The Hall–Kier alpha value is -0.830. The van der Waals surface area contributed by atoms with Gasteiger partial charge in [-0.2, -0.15) is 5.10 Å². The third-order valence-electron chi connectivity index (χ3n) is 2.02. The molecule has 0 amide bonds. The molecule has 1 rings (SSSR count). The second kappa shape index (κ2) is 4.13. The minimum Gasteiger partial charge on any atom is -0.394 e. The minimum atomic E-state index is -0.0399. The number of hydrogen-bond acceptors (Lipinski definition) is 3. The summed E-state index contributed by atoms with van der Waals surface area (Å²) in [6.07, 6.45) is 2.08. The summed E-state index contributed by atoms with van der Waals surface area (Å²) in [5.74, 6) is 0. The first-order chi connectivity index (χ1) is 5.25. The summed E-state index contributed by atoms with van der Waals surface area (Å²) in [6.45, 7) is 9.58. The van der Waals surface area contributed by atoms with Gasteiger partial charge in [0.25, 0.3) is 0 Å².